The molecule has 0 radical (unpaired) electrons. The van der Waals surface area contributed by atoms with Gasteiger partial charge < -0.3 is 0 Å². The summed E-state index contributed by atoms with van der Waals surface area (Å²) in [5.41, 5.74) is -0.131. The van der Waals surface area contributed by atoms with E-state index in [1.807, 2.05) is 0 Å². The maximum atomic E-state index is 12.3. The minimum Gasteiger partial charge on any atom is -0.296 e. The second-order valence-corrected chi connectivity index (χ2v) is 8.40. The Kier molecular flexibility index (Phi) is 3.33. The number of carbonyl (C=O) groups is 2. The van der Waals surface area contributed by atoms with E-state index in [2.05, 4.69) is 5.32 Å². The lowest BCUT2D eigenvalue weighted by Gasteiger charge is -2.38. The molecule has 1 aromatic rings. The molecule has 0 aromatic heterocycles. The molecule has 1 aromatic carbocycles. The first-order valence-electron chi connectivity index (χ1n) is 6.61. The van der Waals surface area contributed by atoms with Crippen molar-refractivity contribution in [1.82, 2.24) is 5.32 Å². The van der Waals surface area contributed by atoms with Gasteiger partial charge in [-0.2, -0.15) is 0 Å². The largest absolute Gasteiger partial charge is 0.296 e. The van der Waals surface area contributed by atoms with Crippen molar-refractivity contribution in [3.05, 3.63) is 34.9 Å². The highest BCUT2D eigenvalue weighted by molar-refractivity contribution is 7.91. The summed E-state index contributed by atoms with van der Waals surface area (Å²) in [5, 5.41) is 2.86. The molecular formula is C14H14ClNO4S. The van der Waals surface area contributed by atoms with Crippen LogP contribution < -0.4 is 5.32 Å². The van der Waals surface area contributed by atoms with E-state index in [0.717, 1.165) is 0 Å². The zero-order chi connectivity index (χ0) is 15.3. The molecular weight excluding hydrogens is 314 g/mol. The van der Waals surface area contributed by atoms with Gasteiger partial charge in [0.2, 0.25) is 11.8 Å². The third-order valence-electron chi connectivity index (χ3n) is 4.27. The first-order chi connectivity index (χ1) is 9.81. The first kappa shape index (κ1) is 14.5. The summed E-state index contributed by atoms with van der Waals surface area (Å²) in [7, 11) is -3.21. The van der Waals surface area contributed by atoms with Gasteiger partial charge >= 0.3 is 0 Å². The van der Waals surface area contributed by atoms with Gasteiger partial charge in [0.1, 0.15) is 0 Å². The summed E-state index contributed by atoms with van der Waals surface area (Å²) >= 11 is 5.86. The molecule has 2 aliphatic rings. The molecule has 0 aliphatic carbocycles. The standard InChI is InChI=1S/C14H14ClNO4S/c15-10-3-1-9(2-4-10)12-13(18)16-11(17)7-14(12)5-6-21(19,20)8-14/h1-4,12H,5-8H2,(H,16,17,18). The number of benzene rings is 1. The first-order valence-corrected chi connectivity index (χ1v) is 8.81. The predicted octanol–water partition coefficient (Wildman–Crippen LogP) is 1.27. The molecule has 1 N–H and O–H groups in total. The van der Waals surface area contributed by atoms with E-state index in [-0.39, 0.29) is 17.9 Å². The topological polar surface area (TPSA) is 80.3 Å². The van der Waals surface area contributed by atoms with Gasteiger partial charge in [-0.15, -0.1) is 0 Å². The molecule has 112 valence electrons. The molecule has 2 fully saturated rings. The molecule has 2 saturated heterocycles. The van der Waals surface area contributed by atoms with E-state index in [1.54, 1.807) is 24.3 Å². The van der Waals surface area contributed by atoms with Gasteiger partial charge in [-0.3, -0.25) is 14.9 Å². The van der Waals surface area contributed by atoms with Crippen molar-refractivity contribution in [3.63, 3.8) is 0 Å². The van der Waals surface area contributed by atoms with Crippen molar-refractivity contribution in [2.45, 2.75) is 18.8 Å². The van der Waals surface area contributed by atoms with Crippen molar-refractivity contribution < 1.29 is 18.0 Å². The third kappa shape index (κ3) is 2.58. The normalized spacial score (nSPS) is 31.4. The lowest BCUT2D eigenvalue weighted by molar-refractivity contribution is -0.139. The lowest BCUT2D eigenvalue weighted by atomic mass is 9.67. The molecule has 3 rings (SSSR count). The fraction of sp³-hybridized carbons (Fsp3) is 0.429. The maximum Gasteiger partial charge on any atom is 0.234 e. The molecule has 2 amide bonds. The molecule has 2 aliphatic heterocycles. The number of hydrogen-bond acceptors (Lipinski definition) is 4. The molecule has 21 heavy (non-hydrogen) atoms. The Bertz CT molecular complexity index is 713. The van der Waals surface area contributed by atoms with E-state index >= 15 is 0 Å². The van der Waals surface area contributed by atoms with Gasteiger partial charge in [0.05, 0.1) is 17.4 Å². The van der Waals surface area contributed by atoms with E-state index in [9.17, 15) is 18.0 Å². The second kappa shape index (κ2) is 4.81. The number of hydrogen-bond donors (Lipinski definition) is 1. The smallest absolute Gasteiger partial charge is 0.234 e. The summed E-state index contributed by atoms with van der Waals surface area (Å²) < 4.78 is 23.8. The monoisotopic (exact) mass is 327 g/mol. The van der Waals surface area contributed by atoms with Crippen LogP contribution in [0.1, 0.15) is 24.3 Å². The molecule has 2 atom stereocenters. The minimum atomic E-state index is -3.21. The Morgan fingerprint density at radius 3 is 2.43 bits per heavy atom. The second-order valence-electron chi connectivity index (χ2n) is 5.78. The van der Waals surface area contributed by atoms with Crippen LogP contribution in [0.4, 0.5) is 0 Å². The summed E-state index contributed by atoms with van der Waals surface area (Å²) in [6.07, 6.45) is 0.396. The highest BCUT2D eigenvalue weighted by atomic mass is 35.5. The van der Waals surface area contributed by atoms with Gasteiger partial charge in [0.15, 0.2) is 9.84 Å². The lowest BCUT2D eigenvalue weighted by Crippen LogP contribution is -2.51. The number of halogens is 1. The van der Waals surface area contributed by atoms with Gasteiger partial charge in [-0.1, -0.05) is 23.7 Å². The van der Waals surface area contributed by atoms with E-state index in [1.165, 1.54) is 0 Å². The van der Waals surface area contributed by atoms with Crippen LogP contribution in [-0.2, 0) is 19.4 Å². The summed E-state index contributed by atoms with van der Waals surface area (Å²) in [4.78, 5) is 24.0. The molecule has 1 spiro atoms. The molecule has 2 unspecified atom stereocenters. The number of imide groups is 1. The Balaban J connectivity index is 2.08. The number of sulfone groups is 1. The Labute approximate surface area is 127 Å². The van der Waals surface area contributed by atoms with Crippen LogP contribution >= 0.6 is 11.6 Å². The SMILES string of the molecule is O=C1CC2(CCS(=O)(=O)C2)C(c2ccc(Cl)cc2)C(=O)N1. The zero-order valence-corrected chi connectivity index (χ0v) is 12.7. The van der Waals surface area contributed by atoms with Crippen LogP contribution in [0.5, 0.6) is 0 Å². The maximum absolute atomic E-state index is 12.3. The molecule has 0 bridgehead atoms. The molecule has 0 saturated carbocycles. The zero-order valence-electron chi connectivity index (χ0n) is 11.1. The Morgan fingerprint density at radius 2 is 1.86 bits per heavy atom. The van der Waals surface area contributed by atoms with E-state index < -0.39 is 33.0 Å². The predicted molar refractivity (Wildman–Crippen MR) is 77.7 cm³/mol. The molecule has 5 nitrogen and oxygen atoms in total. The van der Waals surface area contributed by atoms with Crippen LogP contribution in [0.15, 0.2) is 24.3 Å². The van der Waals surface area contributed by atoms with Crippen LogP contribution in [-0.4, -0.2) is 31.7 Å². The fourth-order valence-corrected chi connectivity index (χ4v) is 5.70. The van der Waals surface area contributed by atoms with E-state index in [0.29, 0.717) is 17.0 Å². The number of amides is 2. The fourth-order valence-electron chi connectivity index (χ4n) is 3.42. The van der Waals surface area contributed by atoms with Gasteiger partial charge in [-0.05, 0) is 24.1 Å². The average Bonchev–Trinajstić information content (AvgIpc) is 2.66. The Morgan fingerprint density at radius 1 is 1.19 bits per heavy atom. The van der Waals surface area contributed by atoms with E-state index in [4.69, 9.17) is 11.6 Å². The number of piperidine rings is 1. The van der Waals surface area contributed by atoms with Crippen LogP contribution in [0.3, 0.4) is 0 Å². The number of carbonyl (C=O) groups excluding carboxylic acids is 2. The van der Waals surface area contributed by atoms with Gasteiger partial charge in [-0.25, -0.2) is 8.42 Å². The van der Waals surface area contributed by atoms with Gasteiger partial charge in [0, 0.05) is 16.9 Å². The third-order valence-corrected chi connectivity index (χ3v) is 6.36. The van der Waals surface area contributed by atoms with Crippen molar-refractivity contribution in [2.75, 3.05) is 11.5 Å². The van der Waals surface area contributed by atoms with Crippen molar-refractivity contribution in [2.24, 2.45) is 5.41 Å². The van der Waals surface area contributed by atoms with Crippen molar-refractivity contribution in [3.8, 4) is 0 Å². The quantitative estimate of drug-likeness (QED) is 0.788. The van der Waals surface area contributed by atoms with Crippen molar-refractivity contribution in [1.29, 1.82) is 0 Å². The summed E-state index contributed by atoms with van der Waals surface area (Å²) in [6.45, 7) is 0. The van der Waals surface area contributed by atoms with Gasteiger partial charge in [0.25, 0.3) is 0 Å². The van der Waals surface area contributed by atoms with Crippen LogP contribution in [0.2, 0.25) is 5.02 Å². The highest BCUT2D eigenvalue weighted by Crippen LogP contribution is 2.49. The Hall–Kier alpha value is -1.40. The van der Waals surface area contributed by atoms with Crippen molar-refractivity contribution >= 4 is 33.3 Å². The number of rotatable bonds is 1. The highest BCUT2D eigenvalue weighted by Gasteiger charge is 2.54. The minimum absolute atomic E-state index is 0.0254. The number of nitrogens with one attached hydrogen (secondary N) is 1. The summed E-state index contributed by atoms with van der Waals surface area (Å²) in [6, 6.07) is 6.76. The average molecular weight is 328 g/mol. The molecule has 7 heteroatoms. The van der Waals surface area contributed by atoms with Crippen LogP contribution in [0, 0.1) is 5.41 Å². The van der Waals surface area contributed by atoms with Crippen LogP contribution in [0.25, 0.3) is 0 Å². The molecule has 2 heterocycles. The summed E-state index contributed by atoms with van der Waals surface area (Å²) in [5.74, 6) is -1.55.